The molecule has 0 bridgehead atoms. The third-order valence-corrected chi connectivity index (χ3v) is 5.92. The number of methoxy groups -OCH3 is 1. The quantitative estimate of drug-likeness (QED) is 0.403. The Labute approximate surface area is 179 Å². The lowest BCUT2D eigenvalue weighted by atomic mass is 10.0. The van der Waals surface area contributed by atoms with Gasteiger partial charge in [0.05, 0.1) is 18.3 Å². The first-order chi connectivity index (χ1) is 15.0. The molecule has 0 aliphatic rings. The molecule has 5 aromatic rings. The molecule has 0 atom stereocenters. The van der Waals surface area contributed by atoms with Crippen LogP contribution in [0.5, 0.6) is 0 Å². The maximum absolute atomic E-state index is 15.4. The van der Waals surface area contributed by atoms with Crippen molar-refractivity contribution in [3.63, 3.8) is 0 Å². The summed E-state index contributed by atoms with van der Waals surface area (Å²) in [5, 5.41) is 17.8. The molecule has 0 saturated heterocycles. The predicted octanol–water partition coefficient (Wildman–Crippen LogP) is 3.19. The van der Waals surface area contributed by atoms with E-state index in [9.17, 15) is 4.39 Å². The number of fused-ring (bicyclic) bond motifs is 2. The van der Waals surface area contributed by atoms with Gasteiger partial charge >= 0.3 is 0 Å². The monoisotopic (exact) mass is 441 g/mol. The Balaban J connectivity index is 1.55. The molecular weight excluding hydrogens is 424 g/mol. The molecule has 8 nitrogen and oxygen atoms in total. The van der Waals surface area contributed by atoms with Gasteiger partial charge in [-0.2, -0.15) is 14.7 Å². The van der Waals surface area contributed by atoms with Crippen molar-refractivity contribution in [2.75, 3.05) is 13.7 Å². The fourth-order valence-corrected chi connectivity index (χ4v) is 4.22. The number of rotatable bonds is 6. The largest absolute Gasteiger partial charge is 0.384 e. The Kier molecular flexibility index (Phi) is 4.91. The van der Waals surface area contributed by atoms with E-state index in [4.69, 9.17) is 4.74 Å². The molecule has 0 spiro atoms. The number of nitrogens with zero attached hydrogens (tertiary/aromatic N) is 7. The summed E-state index contributed by atoms with van der Waals surface area (Å²) in [6.07, 6.45) is 5.60. The van der Waals surface area contributed by atoms with Crippen LogP contribution in [0.2, 0.25) is 0 Å². The van der Waals surface area contributed by atoms with Gasteiger partial charge in [-0.1, -0.05) is 11.3 Å². The second-order valence-corrected chi connectivity index (χ2v) is 8.11. The maximum Gasteiger partial charge on any atom is 0.234 e. The van der Waals surface area contributed by atoms with Gasteiger partial charge in [0.25, 0.3) is 0 Å². The van der Waals surface area contributed by atoms with Crippen molar-refractivity contribution in [3.8, 4) is 11.1 Å². The smallest absolute Gasteiger partial charge is 0.234 e. The highest BCUT2D eigenvalue weighted by molar-refractivity contribution is 7.16. The highest BCUT2D eigenvalue weighted by Crippen LogP contribution is 2.29. The average molecular weight is 441 g/mol. The first kappa shape index (κ1) is 19.6. The van der Waals surface area contributed by atoms with Gasteiger partial charge < -0.3 is 4.74 Å². The van der Waals surface area contributed by atoms with Gasteiger partial charge in [-0.15, -0.1) is 10.2 Å². The minimum atomic E-state index is -0.682. The van der Waals surface area contributed by atoms with Gasteiger partial charge in [-0.25, -0.2) is 8.78 Å². The molecule has 0 aliphatic heterocycles. The summed E-state index contributed by atoms with van der Waals surface area (Å²) >= 11 is 1.37. The summed E-state index contributed by atoms with van der Waals surface area (Å²) in [4.78, 5) is 4.81. The summed E-state index contributed by atoms with van der Waals surface area (Å²) < 4.78 is 38.4. The summed E-state index contributed by atoms with van der Waals surface area (Å²) in [5.74, 6) is -0.985. The number of aryl methyl sites for hydroxylation is 1. The van der Waals surface area contributed by atoms with Gasteiger partial charge in [-0.05, 0) is 6.07 Å². The van der Waals surface area contributed by atoms with E-state index >= 15 is 4.39 Å². The third kappa shape index (κ3) is 3.55. The summed E-state index contributed by atoms with van der Waals surface area (Å²) in [5.41, 5.74) is 1.64. The zero-order chi connectivity index (χ0) is 21.5. The van der Waals surface area contributed by atoms with Crippen LogP contribution in [0.1, 0.15) is 16.4 Å². The molecule has 4 heterocycles. The van der Waals surface area contributed by atoms with Crippen LogP contribution in [0.15, 0.2) is 30.7 Å². The fourth-order valence-electron chi connectivity index (χ4n) is 3.39. The number of halogens is 2. The lowest BCUT2D eigenvalue weighted by Crippen LogP contribution is -2.04. The summed E-state index contributed by atoms with van der Waals surface area (Å²) in [6, 6.07) is 2.90. The lowest BCUT2D eigenvalue weighted by Gasteiger charge is -2.08. The van der Waals surface area contributed by atoms with E-state index in [1.165, 1.54) is 21.9 Å². The van der Waals surface area contributed by atoms with E-state index in [0.29, 0.717) is 29.4 Å². The van der Waals surface area contributed by atoms with Crippen molar-refractivity contribution in [2.45, 2.75) is 12.8 Å². The normalized spacial score (nSPS) is 11.7. The van der Waals surface area contributed by atoms with E-state index in [1.807, 2.05) is 6.20 Å². The van der Waals surface area contributed by atoms with Gasteiger partial charge in [0.1, 0.15) is 16.6 Å². The molecular formula is C20H17F2N7OS. The van der Waals surface area contributed by atoms with Crippen molar-refractivity contribution in [3.05, 3.63) is 58.8 Å². The van der Waals surface area contributed by atoms with Crippen LogP contribution in [0, 0.1) is 11.6 Å². The number of hydrogen-bond donors (Lipinski definition) is 0. The Bertz CT molecular complexity index is 1410. The number of hydrogen-bond acceptors (Lipinski definition) is 7. The Hall–Kier alpha value is -3.31. The van der Waals surface area contributed by atoms with Crippen molar-refractivity contribution in [1.82, 2.24) is 34.6 Å². The van der Waals surface area contributed by atoms with Crippen LogP contribution in [0.25, 0.3) is 27.0 Å². The van der Waals surface area contributed by atoms with E-state index in [-0.39, 0.29) is 22.9 Å². The van der Waals surface area contributed by atoms with E-state index in [0.717, 1.165) is 10.6 Å². The Morgan fingerprint density at radius 3 is 2.77 bits per heavy atom. The SMILES string of the molecule is COCCc1nn2c(Cc3c(F)cc4ncc(-c5cnn(C)c5)cc4c3F)nnc2s1. The van der Waals surface area contributed by atoms with Gasteiger partial charge in [-0.3, -0.25) is 9.67 Å². The van der Waals surface area contributed by atoms with Gasteiger partial charge in [0, 0.05) is 67.5 Å². The first-order valence-electron chi connectivity index (χ1n) is 9.48. The molecule has 1 aromatic carbocycles. The summed E-state index contributed by atoms with van der Waals surface area (Å²) in [6.45, 7) is 0.527. The standard InChI is InChI=1S/C20H17F2N7OS/c1-28-10-12(9-24-28)11-5-14-16(23-8-11)7-15(21)13(19(14)22)6-17-25-26-20-29(17)27-18(31-20)3-4-30-2/h5,7-10H,3-4,6H2,1-2H3. The van der Waals surface area contributed by atoms with Crippen LogP contribution < -0.4 is 0 Å². The molecule has 0 amide bonds. The lowest BCUT2D eigenvalue weighted by molar-refractivity contribution is 0.202. The van der Waals surface area contributed by atoms with Crippen molar-refractivity contribution in [1.29, 1.82) is 0 Å². The highest BCUT2D eigenvalue weighted by Gasteiger charge is 2.20. The molecule has 31 heavy (non-hydrogen) atoms. The van der Waals surface area contributed by atoms with Gasteiger partial charge in [0.15, 0.2) is 5.82 Å². The number of pyridine rings is 1. The second kappa shape index (κ2) is 7.75. The third-order valence-electron chi connectivity index (χ3n) is 4.96. The Morgan fingerprint density at radius 2 is 2.00 bits per heavy atom. The molecule has 0 unspecified atom stereocenters. The van der Waals surface area contributed by atoms with Crippen molar-refractivity contribution >= 4 is 27.2 Å². The number of ether oxygens (including phenoxy) is 1. The molecule has 158 valence electrons. The minimum absolute atomic E-state index is 0.0840. The average Bonchev–Trinajstić information content (AvgIpc) is 3.46. The van der Waals surface area contributed by atoms with E-state index in [1.54, 1.807) is 37.3 Å². The highest BCUT2D eigenvalue weighted by atomic mass is 32.1. The molecule has 11 heteroatoms. The molecule has 0 aliphatic carbocycles. The van der Waals surface area contributed by atoms with Crippen molar-refractivity contribution in [2.24, 2.45) is 7.05 Å². The summed E-state index contributed by atoms with van der Waals surface area (Å²) in [7, 11) is 3.41. The molecule has 0 radical (unpaired) electrons. The molecule has 0 N–H and O–H groups in total. The number of benzene rings is 1. The minimum Gasteiger partial charge on any atom is -0.384 e. The fraction of sp³-hybridized carbons (Fsp3) is 0.250. The molecule has 5 rings (SSSR count). The topological polar surface area (TPSA) is 83.0 Å². The van der Waals surface area contributed by atoms with Crippen LogP contribution >= 0.6 is 11.3 Å². The van der Waals surface area contributed by atoms with Crippen LogP contribution in [0.4, 0.5) is 8.78 Å². The zero-order valence-corrected chi connectivity index (χ0v) is 17.5. The Morgan fingerprint density at radius 1 is 1.13 bits per heavy atom. The van der Waals surface area contributed by atoms with E-state index in [2.05, 4.69) is 25.4 Å². The zero-order valence-electron chi connectivity index (χ0n) is 16.7. The van der Waals surface area contributed by atoms with Crippen molar-refractivity contribution < 1.29 is 13.5 Å². The van der Waals surface area contributed by atoms with Crippen LogP contribution in [0.3, 0.4) is 0 Å². The molecule has 0 fully saturated rings. The predicted molar refractivity (Wildman–Crippen MR) is 111 cm³/mol. The molecule has 0 saturated carbocycles. The molecule has 4 aromatic heterocycles. The second-order valence-electron chi connectivity index (χ2n) is 7.07. The van der Waals surface area contributed by atoms with Crippen LogP contribution in [-0.2, 0) is 24.6 Å². The first-order valence-corrected chi connectivity index (χ1v) is 10.3. The maximum atomic E-state index is 15.4. The number of aromatic nitrogens is 7. The van der Waals surface area contributed by atoms with Crippen LogP contribution in [-0.4, -0.2) is 48.3 Å². The van der Waals surface area contributed by atoms with Gasteiger partial charge in [0.2, 0.25) is 4.96 Å². The van der Waals surface area contributed by atoms with E-state index < -0.39 is 11.6 Å².